The first kappa shape index (κ1) is 17.9. The lowest BCUT2D eigenvalue weighted by Crippen LogP contribution is -2.35. The Morgan fingerprint density at radius 1 is 1.25 bits per heavy atom. The zero-order valence-electron chi connectivity index (χ0n) is 15.7. The van der Waals surface area contributed by atoms with Gasteiger partial charge in [-0.1, -0.05) is 36.0 Å². The number of fused-ring (bicyclic) bond motifs is 1. The fraction of sp³-hybridized carbons (Fsp3) is 0.381. The number of aromatic nitrogens is 3. The van der Waals surface area contributed by atoms with E-state index in [2.05, 4.69) is 38.3 Å². The van der Waals surface area contributed by atoms with E-state index in [1.807, 2.05) is 30.0 Å². The van der Waals surface area contributed by atoms with Crippen LogP contribution in [0.3, 0.4) is 0 Å². The number of para-hydroxylation sites is 1. The minimum Gasteiger partial charge on any atom is -0.311 e. The summed E-state index contributed by atoms with van der Waals surface area (Å²) in [7, 11) is 0. The summed E-state index contributed by atoms with van der Waals surface area (Å²) >= 11 is 3.29. The quantitative estimate of drug-likeness (QED) is 0.568. The number of carbonyl (C=O) groups is 1. The minimum absolute atomic E-state index is 0.153. The molecule has 144 valence electrons. The van der Waals surface area contributed by atoms with Gasteiger partial charge in [0, 0.05) is 29.6 Å². The van der Waals surface area contributed by atoms with Crippen molar-refractivity contribution >= 4 is 34.7 Å². The maximum atomic E-state index is 13.1. The van der Waals surface area contributed by atoms with Crippen molar-refractivity contribution in [1.29, 1.82) is 0 Å². The van der Waals surface area contributed by atoms with E-state index in [1.165, 1.54) is 23.3 Å². The van der Waals surface area contributed by atoms with Crippen LogP contribution < -0.4 is 4.90 Å². The normalized spacial score (nSPS) is 17.0. The van der Waals surface area contributed by atoms with Gasteiger partial charge in [0.15, 0.2) is 5.16 Å². The van der Waals surface area contributed by atoms with Crippen molar-refractivity contribution in [3.8, 4) is 0 Å². The number of anilines is 1. The van der Waals surface area contributed by atoms with Gasteiger partial charge in [-0.25, -0.2) is 0 Å². The van der Waals surface area contributed by atoms with Gasteiger partial charge >= 0.3 is 0 Å². The maximum absolute atomic E-state index is 13.1. The van der Waals surface area contributed by atoms with Crippen molar-refractivity contribution in [2.45, 2.75) is 49.1 Å². The summed E-state index contributed by atoms with van der Waals surface area (Å²) in [5, 5.41) is 11.7. The van der Waals surface area contributed by atoms with E-state index < -0.39 is 0 Å². The number of nitrogens with zero attached hydrogens (tertiary/aromatic N) is 4. The lowest BCUT2D eigenvalue weighted by Gasteiger charge is -2.21. The van der Waals surface area contributed by atoms with E-state index in [0.717, 1.165) is 36.1 Å². The van der Waals surface area contributed by atoms with Gasteiger partial charge in [-0.3, -0.25) is 4.79 Å². The molecule has 3 heterocycles. The summed E-state index contributed by atoms with van der Waals surface area (Å²) in [5.41, 5.74) is 2.31. The molecule has 1 aromatic carbocycles. The van der Waals surface area contributed by atoms with E-state index in [4.69, 9.17) is 0 Å². The van der Waals surface area contributed by atoms with Crippen molar-refractivity contribution < 1.29 is 4.79 Å². The molecule has 0 unspecified atom stereocenters. The minimum atomic E-state index is -0.192. The Morgan fingerprint density at radius 2 is 2.11 bits per heavy atom. The van der Waals surface area contributed by atoms with Gasteiger partial charge in [0.1, 0.15) is 5.82 Å². The number of carbonyl (C=O) groups excluding carboxylic acids is 1. The second-order valence-electron chi connectivity index (χ2n) is 7.38. The number of thioether (sulfide) groups is 1. The number of thiophene rings is 1. The third-order valence-electron chi connectivity index (χ3n) is 5.34. The molecule has 28 heavy (non-hydrogen) atoms. The van der Waals surface area contributed by atoms with Gasteiger partial charge in [-0.2, -0.15) is 0 Å². The monoisotopic (exact) mass is 410 g/mol. The van der Waals surface area contributed by atoms with Crippen LogP contribution in [-0.4, -0.2) is 32.5 Å². The number of amides is 1. The van der Waals surface area contributed by atoms with Crippen LogP contribution in [0.5, 0.6) is 0 Å². The second kappa shape index (κ2) is 7.37. The maximum Gasteiger partial charge on any atom is 0.240 e. The number of benzene rings is 1. The smallest absolute Gasteiger partial charge is 0.240 e. The van der Waals surface area contributed by atoms with E-state index in [-0.39, 0.29) is 11.2 Å². The topological polar surface area (TPSA) is 51.0 Å². The Bertz CT molecular complexity index is 994. The molecule has 1 fully saturated rings. The molecule has 1 saturated carbocycles. The largest absolute Gasteiger partial charge is 0.311 e. The van der Waals surface area contributed by atoms with Crippen LogP contribution in [0.4, 0.5) is 5.69 Å². The molecular formula is C21H22N4OS2. The first-order valence-corrected chi connectivity index (χ1v) is 11.5. The predicted octanol–water partition coefficient (Wildman–Crippen LogP) is 4.34. The highest BCUT2D eigenvalue weighted by atomic mass is 32.2. The molecule has 2 aliphatic rings. The lowest BCUT2D eigenvalue weighted by atomic mass is 10.2. The molecule has 2 aromatic heterocycles. The standard InChI is InChI=1S/C21H22N4OS2/c1-14(20(26)24-11-10-15-5-2-3-7-18(15)24)28-21-23-22-19(25(21)16-8-9-16)13-17-6-4-12-27-17/h2-7,12,14,16H,8-11,13H2,1H3/t14-/m1/s1. The van der Waals surface area contributed by atoms with Crippen molar-refractivity contribution in [1.82, 2.24) is 14.8 Å². The van der Waals surface area contributed by atoms with Crippen LogP contribution in [0.1, 0.15) is 42.1 Å². The Morgan fingerprint density at radius 3 is 2.89 bits per heavy atom. The van der Waals surface area contributed by atoms with Crippen LogP contribution in [0.2, 0.25) is 0 Å². The molecule has 7 heteroatoms. The van der Waals surface area contributed by atoms with E-state index in [9.17, 15) is 4.79 Å². The van der Waals surface area contributed by atoms with Gasteiger partial charge in [-0.15, -0.1) is 21.5 Å². The Kier molecular flexibility index (Phi) is 4.72. The predicted molar refractivity (Wildman–Crippen MR) is 113 cm³/mol. The summed E-state index contributed by atoms with van der Waals surface area (Å²) in [6, 6.07) is 12.9. The molecule has 5 nitrogen and oxygen atoms in total. The Balaban J connectivity index is 1.34. The van der Waals surface area contributed by atoms with Crippen LogP contribution in [0, 0.1) is 0 Å². The summed E-state index contributed by atoms with van der Waals surface area (Å²) in [5.74, 6) is 1.17. The molecule has 0 radical (unpaired) electrons. The van der Waals surface area contributed by atoms with Crippen molar-refractivity contribution in [3.05, 3.63) is 58.0 Å². The fourth-order valence-electron chi connectivity index (χ4n) is 3.77. The van der Waals surface area contributed by atoms with E-state index >= 15 is 0 Å². The molecule has 5 rings (SSSR count). The van der Waals surface area contributed by atoms with E-state index in [1.54, 1.807) is 23.1 Å². The highest BCUT2D eigenvalue weighted by molar-refractivity contribution is 8.00. The van der Waals surface area contributed by atoms with Crippen molar-refractivity contribution in [2.75, 3.05) is 11.4 Å². The SMILES string of the molecule is C[C@@H](Sc1nnc(Cc2cccs2)n1C1CC1)C(=O)N1CCc2ccccc21. The molecule has 0 spiro atoms. The summed E-state index contributed by atoms with van der Waals surface area (Å²) in [6.45, 7) is 2.75. The number of rotatable bonds is 6. The van der Waals surface area contributed by atoms with Gasteiger partial charge in [-0.05, 0) is 49.3 Å². The third-order valence-corrected chi connectivity index (χ3v) is 7.26. The van der Waals surface area contributed by atoms with Crippen molar-refractivity contribution in [3.63, 3.8) is 0 Å². The van der Waals surface area contributed by atoms with Gasteiger partial charge in [0.2, 0.25) is 5.91 Å². The number of hydrogen-bond donors (Lipinski definition) is 0. The second-order valence-corrected chi connectivity index (χ2v) is 9.72. The third kappa shape index (κ3) is 3.37. The molecule has 0 saturated heterocycles. The van der Waals surface area contributed by atoms with Gasteiger partial charge in [0.25, 0.3) is 0 Å². The first-order chi connectivity index (χ1) is 13.7. The average Bonchev–Trinajstić information content (AvgIpc) is 3.09. The molecule has 0 N–H and O–H groups in total. The highest BCUT2D eigenvalue weighted by Crippen LogP contribution is 2.40. The summed E-state index contributed by atoms with van der Waals surface area (Å²) in [4.78, 5) is 16.3. The Hall–Kier alpha value is -2.12. The first-order valence-electron chi connectivity index (χ1n) is 9.73. The van der Waals surface area contributed by atoms with Crippen LogP contribution in [0.15, 0.2) is 46.9 Å². The van der Waals surface area contributed by atoms with E-state index in [0.29, 0.717) is 6.04 Å². The summed E-state index contributed by atoms with van der Waals surface area (Å²) in [6.07, 6.45) is 4.09. The van der Waals surface area contributed by atoms with Gasteiger partial charge < -0.3 is 9.47 Å². The van der Waals surface area contributed by atoms with Crippen LogP contribution in [0.25, 0.3) is 0 Å². The zero-order valence-corrected chi connectivity index (χ0v) is 17.4. The lowest BCUT2D eigenvalue weighted by molar-refractivity contribution is -0.117. The average molecular weight is 411 g/mol. The van der Waals surface area contributed by atoms with Crippen LogP contribution in [-0.2, 0) is 17.6 Å². The molecule has 0 bridgehead atoms. The molecular weight excluding hydrogens is 388 g/mol. The van der Waals surface area contributed by atoms with Gasteiger partial charge in [0.05, 0.1) is 5.25 Å². The number of hydrogen-bond acceptors (Lipinski definition) is 5. The summed E-state index contributed by atoms with van der Waals surface area (Å²) < 4.78 is 2.27. The molecule has 3 aromatic rings. The molecule has 1 aliphatic heterocycles. The molecule has 1 aliphatic carbocycles. The fourth-order valence-corrected chi connectivity index (χ4v) is 5.47. The molecule has 1 amide bonds. The highest BCUT2D eigenvalue weighted by Gasteiger charge is 2.33. The Labute approximate surface area is 172 Å². The van der Waals surface area contributed by atoms with Crippen LogP contribution >= 0.6 is 23.1 Å². The van der Waals surface area contributed by atoms with Crippen molar-refractivity contribution in [2.24, 2.45) is 0 Å². The zero-order chi connectivity index (χ0) is 19.1. The molecule has 1 atom stereocenters.